The Kier molecular flexibility index (Phi) is 4.09. The number of hydrogen-bond donors (Lipinski definition) is 1. The van der Waals surface area contributed by atoms with Crippen LogP contribution >= 0.6 is 11.3 Å². The predicted molar refractivity (Wildman–Crippen MR) is 72.4 cm³/mol. The maximum Gasteiger partial charge on any atom is 0.218 e. The van der Waals surface area contributed by atoms with E-state index in [1.54, 1.807) is 17.4 Å². The van der Waals surface area contributed by atoms with Gasteiger partial charge in [0.1, 0.15) is 11.6 Å². The lowest BCUT2D eigenvalue weighted by Gasteiger charge is -2.07. The molecule has 2 aromatic heterocycles. The summed E-state index contributed by atoms with van der Waals surface area (Å²) in [4.78, 5) is 13.9. The second-order valence-electron chi connectivity index (χ2n) is 3.85. The first kappa shape index (κ1) is 12.8. The van der Waals surface area contributed by atoms with Crippen molar-refractivity contribution in [2.24, 2.45) is 0 Å². The third-order valence-electron chi connectivity index (χ3n) is 2.49. The van der Waals surface area contributed by atoms with E-state index in [-0.39, 0.29) is 0 Å². The average molecular weight is 264 g/mol. The molecule has 18 heavy (non-hydrogen) atoms. The number of anilines is 1. The van der Waals surface area contributed by atoms with Crippen molar-refractivity contribution in [2.75, 3.05) is 19.0 Å². The molecule has 0 aromatic carbocycles. The molecule has 0 radical (unpaired) electrons. The van der Waals surface area contributed by atoms with Crippen molar-refractivity contribution < 1.29 is 4.74 Å². The lowest BCUT2D eigenvalue weighted by molar-refractivity contribution is 0.309. The Morgan fingerprint density at radius 2 is 2.17 bits per heavy atom. The molecule has 0 aliphatic carbocycles. The smallest absolute Gasteiger partial charge is 0.218 e. The monoisotopic (exact) mass is 264 g/mol. The second-order valence-corrected chi connectivity index (χ2v) is 4.79. The predicted octanol–water partition coefficient (Wildman–Crippen LogP) is 2.21. The van der Waals surface area contributed by atoms with Gasteiger partial charge in [-0.25, -0.2) is 9.97 Å². The van der Waals surface area contributed by atoms with Crippen molar-refractivity contribution in [3.8, 4) is 5.88 Å². The third kappa shape index (κ3) is 3.16. The van der Waals surface area contributed by atoms with Gasteiger partial charge in [-0.15, -0.1) is 11.3 Å². The van der Waals surface area contributed by atoms with Gasteiger partial charge in [-0.2, -0.15) is 4.98 Å². The van der Waals surface area contributed by atoms with Gasteiger partial charge in [0.15, 0.2) is 0 Å². The van der Waals surface area contributed by atoms with E-state index in [0.717, 1.165) is 17.9 Å². The summed E-state index contributed by atoms with van der Waals surface area (Å²) in [5.74, 6) is 2.08. The molecular weight excluding hydrogens is 248 g/mol. The van der Waals surface area contributed by atoms with E-state index in [2.05, 4.69) is 20.3 Å². The first-order valence-corrected chi connectivity index (χ1v) is 6.62. The maximum absolute atomic E-state index is 5.65. The van der Waals surface area contributed by atoms with Crippen LogP contribution in [-0.4, -0.2) is 28.6 Å². The van der Waals surface area contributed by atoms with E-state index < -0.39 is 0 Å². The minimum atomic E-state index is 0.600. The van der Waals surface area contributed by atoms with Crippen LogP contribution in [0.15, 0.2) is 11.6 Å². The molecule has 6 heteroatoms. The molecule has 0 spiro atoms. The van der Waals surface area contributed by atoms with Crippen LogP contribution in [0.5, 0.6) is 5.88 Å². The van der Waals surface area contributed by atoms with Crippen molar-refractivity contribution in [2.45, 2.75) is 20.3 Å². The van der Waals surface area contributed by atoms with Crippen LogP contribution in [-0.2, 0) is 6.42 Å². The molecule has 0 amide bonds. The van der Waals surface area contributed by atoms with Crippen molar-refractivity contribution in [1.82, 2.24) is 15.0 Å². The van der Waals surface area contributed by atoms with Crippen LogP contribution in [0.3, 0.4) is 0 Å². The van der Waals surface area contributed by atoms with Gasteiger partial charge in [0.2, 0.25) is 5.88 Å². The number of rotatable bonds is 5. The SMILES string of the molecule is CNc1cc(OCCc2scnc2C)nc(C)n1. The van der Waals surface area contributed by atoms with Gasteiger partial charge in [0.05, 0.1) is 17.8 Å². The lowest BCUT2D eigenvalue weighted by atomic mass is 10.3. The Balaban J connectivity index is 1.94. The Labute approximate surface area is 110 Å². The van der Waals surface area contributed by atoms with Crippen molar-refractivity contribution in [3.63, 3.8) is 0 Å². The molecule has 0 aliphatic heterocycles. The molecule has 1 N–H and O–H groups in total. The van der Waals surface area contributed by atoms with Gasteiger partial charge in [0.25, 0.3) is 0 Å². The van der Waals surface area contributed by atoms with Crippen molar-refractivity contribution >= 4 is 17.2 Å². The molecule has 0 fully saturated rings. The number of ether oxygens (including phenoxy) is 1. The van der Waals surface area contributed by atoms with Crippen LogP contribution < -0.4 is 10.1 Å². The molecule has 2 heterocycles. The lowest BCUT2D eigenvalue weighted by Crippen LogP contribution is -2.05. The molecule has 0 saturated heterocycles. The van der Waals surface area contributed by atoms with Gasteiger partial charge in [0, 0.05) is 24.4 Å². The minimum Gasteiger partial charge on any atom is -0.477 e. The first-order chi connectivity index (χ1) is 8.69. The summed E-state index contributed by atoms with van der Waals surface area (Å²) in [6.45, 7) is 4.46. The number of nitrogens with zero attached hydrogens (tertiary/aromatic N) is 3. The van der Waals surface area contributed by atoms with E-state index in [1.165, 1.54) is 4.88 Å². The van der Waals surface area contributed by atoms with Crippen molar-refractivity contribution in [1.29, 1.82) is 0 Å². The highest BCUT2D eigenvalue weighted by Crippen LogP contribution is 2.15. The van der Waals surface area contributed by atoms with E-state index in [0.29, 0.717) is 18.3 Å². The Morgan fingerprint density at radius 3 is 2.83 bits per heavy atom. The first-order valence-electron chi connectivity index (χ1n) is 5.74. The third-order valence-corrected chi connectivity index (χ3v) is 3.49. The fraction of sp³-hybridized carbons (Fsp3) is 0.417. The van der Waals surface area contributed by atoms with Gasteiger partial charge in [-0.05, 0) is 13.8 Å². The standard InChI is InChI=1S/C12H16N4OS/c1-8-10(18-7-14-8)4-5-17-12-6-11(13-3)15-9(2)16-12/h6-7H,4-5H2,1-3H3,(H,13,15,16). The molecular formula is C12H16N4OS. The largest absolute Gasteiger partial charge is 0.477 e. The number of aromatic nitrogens is 3. The molecule has 0 aliphatic rings. The summed E-state index contributed by atoms with van der Waals surface area (Å²) < 4.78 is 5.65. The van der Waals surface area contributed by atoms with Crippen LogP contribution in [0.25, 0.3) is 0 Å². The molecule has 0 atom stereocenters. The fourth-order valence-electron chi connectivity index (χ4n) is 1.56. The molecule has 0 bridgehead atoms. The number of hydrogen-bond acceptors (Lipinski definition) is 6. The molecule has 96 valence electrons. The normalized spacial score (nSPS) is 10.4. The quantitative estimate of drug-likeness (QED) is 0.897. The highest BCUT2D eigenvalue weighted by molar-refractivity contribution is 7.09. The van der Waals surface area contributed by atoms with E-state index in [9.17, 15) is 0 Å². The Hall–Kier alpha value is -1.69. The summed E-state index contributed by atoms with van der Waals surface area (Å²) in [6, 6.07) is 1.80. The number of thiazole rings is 1. The number of aryl methyl sites for hydroxylation is 2. The molecule has 2 rings (SSSR count). The number of nitrogens with one attached hydrogen (secondary N) is 1. The average Bonchev–Trinajstić information content (AvgIpc) is 2.74. The molecule has 0 saturated carbocycles. The summed E-state index contributed by atoms with van der Waals surface area (Å²) in [5.41, 5.74) is 2.94. The van der Waals surface area contributed by atoms with Gasteiger partial charge in [-0.1, -0.05) is 0 Å². The van der Waals surface area contributed by atoms with E-state index >= 15 is 0 Å². The van der Waals surface area contributed by atoms with Crippen LogP contribution in [0, 0.1) is 13.8 Å². The molecule has 0 unspecified atom stereocenters. The van der Waals surface area contributed by atoms with Gasteiger partial charge in [-0.3, -0.25) is 0 Å². The molecule has 5 nitrogen and oxygen atoms in total. The summed E-state index contributed by atoms with van der Waals surface area (Å²) in [7, 11) is 1.83. The minimum absolute atomic E-state index is 0.600. The van der Waals surface area contributed by atoms with Crippen LogP contribution in [0.2, 0.25) is 0 Å². The maximum atomic E-state index is 5.65. The van der Waals surface area contributed by atoms with Crippen LogP contribution in [0.1, 0.15) is 16.4 Å². The van der Waals surface area contributed by atoms with E-state index in [1.807, 2.05) is 26.4 Å². The van der Waals surface area contributed by atoms with Gasteiger partial charge < -0.3 is 10.1 Å². The zero-order valence-corrected chi connectivity index (χ0v) is 11.5. The fourth-order valence-corrected chi connectivity index (χ4v) is 2.32. The Bertz CT molecular complexity index is 527. The summed E-state index contributed by atoms with van der Waals surface area (Å²) >= 11 is 1.66. The van der Waals surface area contributed by atoms with E-state index in [4.69, 9.17) is 4.74 Å². The zero-order chi connectivity index (χ0) is 13.0. The highest BCUT2D eigenvalue weighted by atomic mass is 32.1. The summed E-state index contributed by atoms with van der Waals surface area (Å²) in [6.07, 6.45) is 0.856. The van der Waals surface area contributed by atoms with Crippen LogP contribution in [0.4, 0.5) is 5.82 Å². The zero-order valence-electron chi connectivity index (χ0n) is 10.7. The van der Waals surface area contributed by atoms with Crippen molar-refractivity contribution in [3.05, 3.63) is 28.0 Å². The highest BCUT2D eigenvalue weighted by Gasteiger charge is 2.04. The molecule has 2 aromatic rings. The second kappa shape index (κ2) is 5.77. The van der Waals surface area contributed by atoms with Gasteiger partial charge >= 0.3 is 0 Å². The Morgan fingerprint density at radius 1 is 1.33 bits per heavy atom. The summed E-state index contributed by atoms with van der Waals surface area (Å²) in [5, 5.41) is 2.98. The topological polar surface area (TPSA) is 59.9 Å².